The van der Waals surface area contributed by atoms with E-state index in [1.807, 2.05) is 82.3 Å². The van der Waals surface area contributed by atoms with Gasteiger partial charge in [0.2, 0.25) is 0 Å². The van der Waals surface area contributed by atoms with Crippen LogP contribution in [0.5, 0.6) is 11.5 Å². The normalized spacial score (nSPS) is 14.1. The van der Waals surface area contributed by atoms with Crippen molar-refractivity contribution in [3.63, 3.8) is 0 Å². The largest absolute Gasteiger partial charge is 0.493 e. The minimum absolute atomic E-state index is 0.258. The number of unbranched alkanes of at least 4 members (excludes halogenated alkanes) is 1. The number of aliphatic carboxylic acids is 1. The third-order valence-electron chi connectivity index (χ3n) is 7.96. The maximum atomic E-state index is 14.0. The summed E-state index contributed by atoms with van der Waals surface area (Å²) in [6.45, 7) is 9.31. The molecule has 41 heavy (non-hydrogen) atoms. The van der Waals surface area contributed by atoms with Crippen LogP contribution in [-0.4, -0.2) is 47.3 Å². The van der Waals surface area contributed by atoms with Crippen LogP contribution in [0.2, 0.25) is 0 Å². The van der Waals surface area contributed by atoms with Crippen molar-refractivity contribution < 1.29 is 24.2 Å². The number of nitrogens with zero attached hydrogens (tertiary/aromatic N) is 1. The number of benzene rings is 3. The van der Waals surface area contributed by atoms with Gasteiger partial charge in [0.25, 0.3) is 0 Å². The van der Waals surface area contributed by atoms with E-state index in [2.05, 4.69) is 17.4 Å². The monoisotopic (exact) mass is 558 g/mol. The Hall–Kier alpha value is -4.00. The van der Waals surface area contributed by atoms with E-state index in [0.717, 1.165) is 53.0 Å². The number of rotatable bonds is 13. The first-order chi connectivity index (χ1) is 19.8. The van der Waals surface area contributed by atoms with E-state index in [1.54, 1.807) is 4.90 Å². The molecule has 218 valence electrons. The van der Waals surface area contributed by atoms with Crippen molar-refractivity contribution in [3.8, 4) is 11.5 Å². The van der Waals surface area contributed by atoms with E-state index in [4.69, 9.17) is 9.47 Å². The molecule has 0 saturated carbocycles. The van der Waals surface area contributed by atoms with Crippen LogP contribution >= 0.6 is 0 Å². The van der Waals surface area contributed by atoms with E-state index in [1.165, 1.54) is 5.56 Å². The quantitative estimate of drug-likeness (QED) is 0.234. The van der Waals surface area contributed by atoms with Gasteiger partial charge in [-0.2, -0.15) is 0 Å². The number of ether oxygens (including phenoxy) is 2. The van der Waals surface area contributed by atoms with Crippen molar-refractivity contribution in [1.82, 2.24) is 10.2 Å². The summed E-state index contributed by atoms with van der Waals surface area (Å²) in [6.07, 6.45) is 3.10. The third kappa shape index (κ3) is 7.02. The van der Waals surface area contributed by atoms with Crippen LogP contribution in [0.1, 0.15) is 67.5 Å². The van der Waals surface area contributed by atoms with Crippen molar-refractivity contribution in [2.75, 3.05) is 19.8 Å². The molecule has 0 spiro atoms. The van der Waals surface area contributed by atoms with Gasteiger partial charge >= 0.3 is 12.0 Å². The Morgan fingerprint density at radius 3 is 2.02 bits per heavy atom. The SMILES string of the molecule is CCOc1cc([C@H](C)N(CCCCc2ccccc2)C(=O)NC2(C(=O)O)Cc3ccccc3C2)cc(OCC)c1C. The second kappa shape index (κ2) is 13.6. The average Bonchev–Trinajstić information content (AvgIpc) is 3.35. The lowest BCUT2D eigenvalue weighted by atomic mass is 9.95. The topological polar surface area (TPSA) is 88.1 Å². The van der Waals surface area contributed by atoms with Gasteiger partial charge in [0, 0.05) is 24.9 Å². The lowest BCUT2D eigenvalue weighted by Crippen LogP contribution is -2.59. The molecule has 2 N–H and O–H groups in total. The number of carboxylic acid groups (broad SMARTS) is 1. The molecule has 7 nitrogen and oxygen atoms in total. The summed E-state index contributed by atoms with van der Waals surface area (Å²) in [4.78, 5) is 28.4. The number of urea groups is 1. The molecule has 1 atom stereocenters. The Morgan fingerprint density at radius 2 is 1.49 bits per heavy atom. The number of aryl methyl sites for hydroxylation is 1. The van der Waals surface area contributed by atoms with Gasteiger partial charge in [0.05, 0.1) is 19.3 Å². The number of carbonyl (C=O) groups excluding carboxylic acids is 1. The summed E-state index contributed by atoms with van der Waals surface area (Å²) < 4.78 is 11.8. The molecule has 2 amide bonds. The Bertz CT molecular complexity index is 1290. The number of hydrogen-bond donors (Lipinski definition) is 2. The van der Waals surface area contributed by atoms with Gasteiger partial charge in [0.1, 0.15) is 17.0 Å². The van der Waals surface area contributed by atoms with Crippen LogP contribution in [0, 0.1) is 6.92 Å². The Morgan fingerprint density at radius 1 is 0.927 bits per heavy atom. The second-order valence-electron chi connectivity index (χ2n) is 10.8. The van der Waals surface area contributed by atoms with Crippen molar-refractivity contribution in [1.29, 1.82) is 0 Å². The summed E-state index contributed by atoms with van der Waals surface area (Å²) in [5.74, 6) is 0.419. The summed E-state index contributed by atoms with van der Waals surface area (Å²) >= 11 is 0. The standard InChI is InChI=1S/C34H42N2O5/c1-5-40-30-20-29(21-31(24(30)3)41-6-2)25(4)36(19-13-12-16-26-14-8-7-9-15-26)33(39)35-34(32(37)38)22-27-17-10-11-18-28(27)23-34/h7-11,14-15,17-18,20-21,25H,5-6,12-13,16,19,22-23H2,1-4H3,(H,35,39)(H,37,38)/t25-/m0/s1. The molecule has 0 fully saturated rings. The van der Waals surface area contributed by atoms with E-state index in [0.29, 0.717) is 19.8 Å². The zero-order valence-electron chi connectivity index (χ0n) is 24.6. The first-order valence-corrected chi connectivity index (χ1v) is 14.6. The number of hydrogen-bond acceptors (Lipinski definition) is 4. The molecule has 0 heterocycles. The molecule has 1 aliphatic rings. The number of carbonyl (C=O) groups is 2. The van der Waals surface area contributed by atoms with E-state index >= 15 is 0 Å². The van der Waals surface area contributed by atoms with Gasteiger partial charge in [-0.05, 0) is 81.3 Å². The minimum atomic E-state index is -1.39. The van der Waals surface area contributed by atoms with E-state index < -0.39 is 11.5 Å². The van der Waals surface area contributed by atoms with Crippen LogP contribution in [-0.2, 0) is 24.1 Å². The number of amides is 2. The molecule has 1 aliphatic carbocycles. The molecular formula is C34H42N2O5. The molecule has 7 heteroatoms. The van der Waals surface area contributed by atoms with Crippen molar-refractivity contribution >= 4 is 12.0 Å². The highest BCUT2D eigenvalue weighted by Gasteiger charge is 2.46. The maximum absolute atomic E-state index is 14.0. The molecule has 3 aromatic carbocycles. The van der Waals surface area contributed by atoms with Gasteiger partial charge in [-0.1, -0.05) is 54.6 Å². The minimum Gasteiger partial charge on any atom is -0.493 e. The highest BCUT2D eigenvalue weighted by atomic mass is 16.5. The first kappa shape index (κ1) is 30.0. The smallest absolute Gasteiger partial charge is 0.330 e. The molecule has 0 aromatic heterocycles. The molecule has 0 bridgehead atoms. The highest BCUT2D eigenvalue weighted by molar-refractivity contribution is 5.88. The Labute approximate surface area is 243 Å². The van der Waals surface area contributed by atoms with Gasteiger partial charge in [-0.25, -0.2) is 9.59 Å². The van der Waals surface area contributed by atoms with Crippen molar-refractivity contribution in [3.05, 3.63) is 94.5 Å². The van der Waals surface area contributed by atoms with E-state index in [-0.39, 0.29) is 24.9 Å². The summed E-state index contributed by atoms with van der Waals surface area (Å²) in [5, 5.41) is 13.3. The summed E-state index contributed by atoms with van der Waals surface area (Å²) in [6, 6.07) is 21.2. The van der Waals surface area contributed by atoms with Crippen molar-refractivity contribution in [2.45, 2.75) is 71.4 Å². The van der Waals surface area contributed by atoms with Crippen LogP contribution in [0.3, 0.4) is 0 Å². The molecule has 4 rings (SSSR count). The van der Waals surface area contributed by atoms with Crippen LogP contribution in [0.15, 0.2) is 66.7 Å². The molecule has 3 aromatic rings. The van der Waals surface area contributed by atoms with Crippen LogP contribution in [0.4, 0.5) is 4.79 Å². The predicted molar refractivity (Wildman–Crippen MR) is 161 cm³/mol. The van der Waals surface area contributed by atoms with Crippen LogP contribution in [0.25, 0.3) is 0 Å². The van der Waals surface area contributed by atoms with E-state index in [9.17, 15) is 14.7 Å². The van der Waals surface area contributed by atoms with Crippen molar-refractivity contribution in [2.24, 2.45) is 0 Å². The molecular weight excluding hydrogens is 516 g/mol. The lowest BCUT2D eigenvalue weighted by molar-refractivity contribution is -0.144. The molecule has 0 saturated heterocycles. The van der Waals surface area contributed by atoms with Gasteiger partial charge in [-0.15, -0.1) is 0 Å². The third-order valence-corrected chi connectivity index (χ3v) is 7.96. The maximum Gasteiger partial charge on any atom is 0.330 e. The zero-order chi connectivity index (χ0) is 29.4. The number of carboxylic acids is 1. The number of nitrogens with one attached hydrogen (secondary N) is 1. The number of fused-ring (bicyclic) bond motifs is 1. The lowest BCUT2D eigenvalue weighted by Gasteiger charge is -2.34. The van der Waals surface area contributed by atoms with Gasteiger partial charge < -0.3 is 24.8 Å². The van der Waals surface area contributed by atoms with Crippen LogP contribution < -0.4 is 14.8 Å². The fourth-order valence-electron chi connectivity index (χ4n) is 5.63. The molecule has 0 radical (unpaired) electrons. The van der Waals surface area contributed by atoms with Gasteiger partial charge in [-0.3, -0.25) is 0 Å². The summed E-state index contributed by atoms with van der Waals surface area (Å²) in [7, 11) is 0. The molecule has 0 aliphatic heterocycles. The predicted octanol–water partition coefficient (Wildman–Crippen LogP) is 6.51. The second-order valence-corrected chi connectivity index (χ2v) is 10.8. The fraction of sp³-hybridized carbons (Fsp3) is 0.412. The fourth-order valence-corrected chi connectivity index (χ4v) is 5.63. The summed E-state index contributed by atoms with van der Waals surface area (Å²) in [5.41, 5.74) is 3.57. The van der Waals surface area contributed by atoms with Gasteiger partial charge in [0.15, 0.2) is 0 Å². The first-order valence-electron chi connectivity index (χ1n) is 14.6. The highest BCUT2D eigenvalue weighted by Crippen LogP contribution is 2.35. The Balaban J connectivity index is 1.60. The molecule has 0 unspecified atom stereocenters. The average molecular weight is 559 g/mol. The Kier molecular flexibility index (Phi) is 9.92. The zero-order valence-corrected chi connectivity index (χ0v) is 24.6.